The van der Waals surface area contributed by atoms with Gasteiger partial charge in [-0.1, -0.05) is 18.9 Å². The molecule has 1 heterocycles. The van der Waals surface area contributed by atoms with Crippen LogP contribution in [0.4, 0.5) is 0 Å². The standard InChI is InChI=1S/C13H18O2/c1-13-7-9-5-3-2-4-6-10(9)12(13)15-11(14)8-13/h12H,2-8H2,1H3/t12?,13-/m1/s1. The van der Waals surface area contributed by atoms with E-state index in [9.17, 15) is 4.79 Å². The molecule has 3 rings (SSSR count). The molecule has 0 spiro atoms. The highest BCUT2D eigenvalue weighted by atomic mass is 16.6. The van der Waals surface area contributed by atoms with Gasteiger partial charge in [-0.05, 0) is 37.7 Å². The summed E-state index contributed by atoms with van der Waals surface area (Å²) in [5.74, 6) is 0.0123. The van der Waals surface area contributed by atoms with E-state index in [1.165, 1.54) is 37.7 Å². The highest BCUT2D eigenvalue weighted by molar-refractivity contribution is 5.74. The Labute approximate surface area is 90.7 Å². The van der Waals surface area contributed by atoms with Gasteiger partial charge < -0.3 is 4.74 Å². The van der Waals surface area contributed by atoms with Crippen molar-refractivity contribution >= 4 is 5.97 Å². The van der Waals surface area contributed by atoms with Crippen LogP contribution in [0.5, 0.6) is 0 Å². The van der Waals surface area contributed by atoms with Crippen LogP contribution in [0, 0.1) is 5.41 Å². The average molecular weight is 206 g/mol. The summed E-state index contributed by atoms with van der Waals surface area (Å²) in [6.45, 7) is 2.22. The number of carbonyl (C=O) groups is 1. The van der Waals surface area contributed by atoms with Crippen LogP contribution in [0.1, 0.15) is 51.9 Å². The van der Waals surface area contributed by atoms with Gasteiger partial charge in [-0.15, -0.1) is 0 Å². The maximum Gasteiger partial charge on any atom is 0.307 e. The van der Waals surface area contributed by atoms with Crippen molar-refractivity contribution in [2.24, 2.45) is 5.41 Å². The van der Waals surface area contributed by atoms with E-state index in [0.29, 0.717) is 6.42 Å². The van der Waals surface area contributed by atoms with Crippen LogP contribution in [0.2, 0.25) is 0 Å². The fourth-order valence-corrected chi connectivity index (χ4v) is 3.56. The van der Waals surface area contributed by atoms with Crippen LogP contribution < -0.4 is 0 Å². The molecule has 2 nitrogen and oxygen atoms in total. The first-order valence-corrected chi connectivity index (χ1v) is 6.09. The lowest BCUT2D eigenvalue weighted by molar-refractivity contribution is -0.140. The fourth-order valence-electron chi connectivity index (χ4n) is 3.56. The van der Waals surface area contributed by atoms with Crippen molar-refractivity contribution in [3.8, 4) is 0 Å². The first-order chi connectivity index (χ1) is 7.19. The molecule has 0 radical (unpaired) electrons. The average Bonchev–Trinajstić information content (AvgIpc) is 2.48. The summed E-state index contributed by atoms with van der Waals surface area (Å²) in [5, 5.41) is 0. The van der Waals surface area contributed by atoms with E-state index in [4.69, 9.17) is 4.74 Å². The van der Waals surface area contributed by atoms with Crippen LogP contribution in [0.25, 0.3) is 0 Å². The first kappa shape index (κ1) is 9.44. The van der Waals surface area contributed by atoms with E-state index in [1.54, 1.807) is 5.57 Å². The molecular weight excluding hydrogens is 188 g/mol. The molecule has 0 bridgehead atoms. The predicted molar refractivity (Wildman–Crippen MR) is 57.3 cm³/mol. The number of rotatable bonds is 0. The Morgan fingerprint density at radius 3 is 2.87 bits per heavy atom. The van der Waals surface area contributed by atoms with Crippen LogP contribution in [-0.2, 0) is 9.53 Å². The second-order valence-electron chi connectivity index (χ2n) is 5.57. The quantitative estimate of drug-likeness (QED) is 0.450. The molecule has 2 atom stereocenters. The molecule has 3 aliphatic rings. The van der Waals surface area contributed by atoms with Crippen LogP contribution in [-0.4, -0.2) is 12.1 Å². The minimum atomic E-state index is 0.0123. The minimum Gasteiger partial charge on any atom is -0.457 e. The van der Waals surface area contributed by atoms with Gasteiger partial charge in [0.2, 0.25) is 0 Å². The molecule has 0 amide bonds. The zero-order valence-electron chi connectivity index (χ0n) is 9.34. The maximum absolute atomic E-state index is 11.4. The molecule has 1 saturated heterocycles. The molecule has 2 aliphatic carbocycles. The van der Waals surface area contributed by atoms with Gasteiger partial charge in [-0.25, -0.2) is 0 Å². The van der Waals surface area contributed by atoms with Crippen molar-refractivity contribution in [3.05, 3.63) is 11.1 Å². The Hall–Kier alpha value is -0.790. The second-order valence-corrected chi connectivity index (χ2v) is 5.57. The van der Waals surface area contributed by atoms with Gasteiger partial charge in [0.15, 0.2) is 0 Å². The third-order valence-electron chi connectivity index (χ3n) is 4.24. The van der Waals surface area contributed by atoms with Crippen molar-refractivity contribution in [1.82, 2.24) is 0 Å². The Kier molecular flexibility index (Phi) is 1.95. The molecule has 82 valence electrons. The smallest absolute Gasteiger partial charge is 0.307 e. The lowest BCUT2D eigenvalue weighted by Crippen LogP contribution is -2.24. The predicted octanol–water partition coefficient (Wildman–Crippen LogP) is 2.97. The van der Waals surface area contributed by atoms with Gasteiger partial charge in [0.25, 0.3) is 0 Å². The summed E-state index contributed by atoms with van der Waals surface area (Å²) < 4.78 is 5.52. The lowest BCUT2D eigenvalue weighted by atomic mass is 9.81. The molecule has 0 aromatic heterocycles. The van der Waals surface area contributed by atoms with Gasteiger partial charge in [0.05, 0.1) is 6.42 Å². The summed E-state index contributed by atoms with van der Waals surface area (Å²) in [5.41, 5.74) is 3.22. The molecular formula is C13H18O2. The van der Waals surface area contributed by atoms with E-state index in [2.05, 4.69) is 6.92 Å². The number of fused-ring (bicyclic) bond motifs is 2. The largest absolute Gasteiger partial charge is 0.457 e. The van der Waals surface area contributed by atoms with E-state index in [-0.39, 0.29) is 17.5 Å². The van der Waals surface area contributed by atoms with E-state index >= 15 is 0 Å². The topological polar surface area (TPSA) is 26.3 Å². The number of hydrogen-bond donors (Lipinski definition) is 0. The number of carbonyl (C=O) groups excluding carboxylic acids is 1. The van der Waals surface area contributed by atoms with Crippen molar-refractivity contribution in [3.63, 3.8) is 0 Å². The monoisotopic (exact) mass is 206 g/mol. The Balaban J connectivity index is 1.93. The molecule has 15 heavy (non-hydrogen) atoms. The molecule has 2 heteroatoms. The normalized spacial score (nSPS) is 39.8. The molecule has 0 N–H and O–H groups in total. The van der Waals surface area contributed by atoms with Crippen molar-refractivity contribution in [1.29, 1.82) is 0 Å². The second kappa shape index (κ2) is 3.10. The van der Waals surface area contributed by atoms with E-state index < -0.39 is 0 Å². The van der Waals surface area contributed by atoms with Crippen LogP contribution >= 0.6 is 0 Å². The summed E-state index contributed by atoms with van der Waals surface area (Å²) >= 11 is 0. The van der Waals surface area contributed by atoms with Gasteiger partial charge in [0.1, 0.15) is 6.10 Å². The molecule has 0 aromatic rings. The maximum atomic E-state index is 11.4. The Morgan fingerprint density at radius 2 is 2.00 bits per heavy atom. The third kappa shape index (κ3) is 1.34. The van der Waals surface area contributed by atoms with Gasteiger partial charge in [-0.3, -0.25) is 4.79 Å². The molecule has 0 saturated carbocycles. The van der Waals surface area contributed by atoms with Gasteiger partial charge >= 0.3 is 5.97 Å². The number of hydrogen-bond acceptors (Lipinski definition) is 2. The Bertz CT molecular complexity index is 342. The SMILES string of the molecule is C[C@@]12CC(=O)OC1C1=C(CCCCC1)C2. The Morgan fingerprint density at radius 1 is 1.20 bits per heavy atom. The van der Waals surface area contributed by atoms with Gasteiger partial charge in [0, 0.05) is 5.41 Å². The first-order valence-electron chi connectivity index (χ1n) is 6.09. The zero-order valence-corrected chi connectivity index (χ0v) is 9.34. The van der Waals surface area contributed by atoms with E-state index in [0.717, 1.165) is 6.42 Å². The van der Waals surface area contributed by atoms with Crippen molar-refractivity contribution in [2.75, 3.05) is 0 Å². The fraction of sp³-hybridized carbons (Fsp3) is 0.769. The number of ether oxygens (including phenoxy) is 1. The van der Waals surface area contributed by atoms with Crippen LogP contribution in [0.15, 0.2) is 11.1 Å². The van der Waals surface area contributed by atoms with Crippen molar-refractivity contribution in [2.45, 2.75) is 58.0 Å². The lowest BCUT2D eigenvalue weighted by Gasteiger charge is -2.22. The number of esters is 1. The highest BCUT2D eigenvalue weighted by Crippen LogP contribution is 2.53. The summed E-state index contributed by atoms with van der Waals surface area (Å²) in [4.78, 5) is 11.4. The zero-order chi connectivity index (χ0) is 10.5. The third-order valence-corrected chi connectivity index (χ3v) is 4.24. The summed E-state index contributed by atoms with van der Waals surface area (Å²) in [7, 11) is 0. The summed E-state index contributed by atoms with van der Waals surface area (Å²) in [6.07, 6.45) is 8.24. The minimum absolute atomic E-state index is 0.0123. The molecule has 1 unspecified atom stereocenters. The van der Waals surface area contributed by atoms with E-state index in [1.807, 2.05) is 0 Å². The number of allylic oxidation sites excluding steroid dienone is 1. The van der Waals surface area contributed by atoms with Crippen molar-refractivity contribution < 1.29 is 9.53 Å². The van der Waals surface area contributed by atoms with Gasteiger partial charge in [-0.2, -0.15) is 0 Å². The molecule has 0 aromatic carbocycles. The van der Waals surface area contributed by atoms with Crippen LogP contribution in [0.3, 0.4) is 0 Å². The summed E-state index contributed by atoms with van der Waals surface area (Å²) in [6, 6.07) is 0. The highest BCUT2D eigenvalue weighted by Gasteiger charge is 2.52. The molecule has 1 fully saturated rings. The molecule has 1 aliphatic heterocycles.